The Morgan fingerprint density at radius 2 is 1.52 bits per heavy atom. The summed E-state index contributed by atoms with van der Waals surface area (Å²) in [5.41, 5.74) is 2.48. The largest absolute Gasteiger partial charge is 0.467 e. The summed E-state index contributed by atoms with van der Waals surface area (Å²) >= 11 is 0. The number of nitrogens with one attached hydrogen (secondary N) is 1. The summed E-state index contributed by atoms with van der Waals surface area (Å²) in [6.45, 7) is 0. The topological polar surface area (TPSA) is 76.5 Å². The SMILES string of the molecule is COC(=O)[C@H](Cc1ccccc1)Nc1nc2ccccc2n(C2CC3CC[C@@H](C2)N3C2CCCCCCC2)c1=O. The lowest BCUT2D eigenvalue weighted by Gasteiger charge is -2.45. The highest BCUT2D eigenvalue weighted by molar-refractivity contribution is 5.81. The Morgan fingerprint density at radius 1 is 0.875 bits per heavy atom. The predicted octanol–water partition coefficient (Wildman–Crippen LogP) is 5.87. The van der Waals surface area contributed by atoms with E-state index in [0.717, 1.165) is 29.4 Å². The van der Waals surface area contributed by atoms with Crippen LogP contribution in [0.4, 0.5) is 5.82 Å². The van der Waals surface area contributed by atoms with E-state index in [9.17, 15) is 9.59 Å². The molecule has 0 radical (unpaired) electrons. The number of anilines is 1. The summed E-state index contributed by atoms with van der Waals surface area (Å²) in [7, 11) is 1.38. The Morgan fingerprint density at radius 3 is 2.23 bits per heavy atom. The number of piperidine rings is 1. The van der Waals surface area contributed by atoms with Crippen molar-refractivity contribution in [2.24, 2.45) is 0 Å². The summed E-state index contributed by atoms with van der Waals surface area (Å²) in [5.74, 6) is -0.185. The monoisotopic (exact) mass is 542 g/mol. The van der Waals surface area contributed by atoms with E-state index < -0.39 is 12.0 Å². The molecule has 1 saturated carbocycles. The molecule has 1 aliphatic carbocycles. The lowest BCUT2D eigenvalue weighted by molar-refractivity contribution is -0.141. The molecule has 2 bridgehead atoms. The summed E-state index contributed by atoms with van der Waals surface area (Å²) in [6, 6.07) is 18.9. The number of hydrogen-bond donors (Lipinski definition) is 1. The molecule has 7 heteroatoms. The van der Waals surface area contributed by atoms with Gasteiger partial charge in [-0.3, -0.25) is 9.69 Å². The average Bonchev–Trinajstić information content (AvgIpc) is 3.21. The molecule has 3 heterocycles. The Kier molecular flexibility index (Phi) is 8.19. The lowest BCUT2D eigenvalue weighted by Crippen LogP contribution is -2.50. The van der Waals surface area contributed by atoms with Gasteiger partial charge in [-0.05, 0) is 56.2 Å². The normalized spacial score (nSPS) is 24.8. The van der Waals surface area contributed by atoms with Crippen LogP contribution in [-0.2, 0) is 16.0 Å². The number of carbonyl (C=O) groups excluding carboxylic acids is 1. The van der Waals surface area contributed by atoms with Crippen molar-refractivity contribution in [3.8, 4) is 0 Å². The molecule has 3 fully saturated rings. The van der Waals surface area contributed by atoms with Crippen LogP contribution >= 0.6 is 0 Å². The number of methoxy groups -OCH3 is 1. The molecule has 0 amide bonds. The Labute approximate surface area is 236 Å². The molecule has 6 rings (SSSR count). The molecule has 2 saturated heterocycles. The van der Waals surface area contributed by atoms with Crippen LogP contribution in [0.3, 0.4) is 0 Å². The third-order valence-electron chi connectivity index (χ3n) is 9.50. The summed E-state index contributed by atoms with van der Waals surface area (Å²) in [6.07, 6.45) is 14.3. The van der Waals surface area contributed by atoms with Crippen molar-refractivity contribution in [3.63, 3.8) is 0 Å². The minimum atomic E-state index is -0.709. The second kappa shape index (κ2) is 12.1. The van der Waals surface area contributed by atoms with Crippen LogP contribution in [0, 0.1) is 0 Å². The highest BCUT2D eigenvalue weighted by atomic mass is 16.5. The van der Waals surface area contributed by atoms with Crippen LogP contribution in [0.25, 0.3) is 11.0 Å². The van der Waals surface area contributed by atoms with Gasteiger partial charge in [0.15, 0.2) is 5.82 Å². The number of hydrogen-bond acceptors (Lipinski definition) is 6. The van der Waals surface area contributed by atoms with Gasteiger partial charge in [-0.25, -0.2) is 9.78 Å². The maximum absolute atomic E-state index is 14.2. The fraction of sp³-hybridized carbons (Fsp3) is 0.545. The quantitative estimate of drug-likeness (QED) is 0.376. The Balaban J connectivity index is 1.30. The molecule has 40 heavy (non-hydrogen) atoms. The second-order valence-corrected chi connectivity index (χ2v) is 12.0. The fourth-order valence-electron chi connectivity index (χ4n) is 7.69. The first kappa shape index (κ1) is 27.0. The highest BCUT2D eigenvalue weighted by Crippen LogP contribution is 2.44. The summed E-state index contributed by atoms with van der Waals surface area (Å²) in [5, 5.41) is 3.20. The first-order valence-electron chi connectivity index (χ1n) is 15.3. The number of esters is 1. The third kappa shape index (κ3) is 5.53. The van der Waals surface area contributed by atoms with Gasteiger partial charge in [0.2, 0.25) is 0 Å². The van der Waals surface area contributed by atoms with Crippen LogP contribution in [0.5, 0.6) is 0 Å². The summed E-state index contributed by atoms with van der Waals surface area (Å²) < 4.78 is 7.10. The highest BCUT2D eigenvalue weighted by Gasteiger charge is 2.44. The number of para-hydroxylation sites is 2. The minimum Gasteiger partial charge on any atom is -0.467 e. The molecule has 0 spiro atoms. The molecular formula is C33H42N4O3. The van der Waals surface area contributed by atoms with E-state index in [4.69, 9.17) is 9.72 Å². The molecule has 7 nitrogen and oxygen atoms in total. The van der Waals surface area contributed by atoms with Gasteiger partial charge in [-0.2, -0.15) is 0 Å². The van der Waals surface area contributed by atoms with Gasteiger partial charge < -0.3 is 14.6 Å². The van der Waals surface area contributed by atoms with Crippen LogP contribution in [-0.4, -0.2) is 51.7 Å². The second-order valence-electron chi connectivity index (χ2n) is 12.0. The van der Waals surface area contributed by atoms with Gasteiger partial charge >= 0.3 is 5.97 Å². The van der Waals surface area contributed by atoms with E-state index in [0.29, 0.717) is 24.5 Å². The number of aromatic nitrogens is 2. The van der Waals surface area contributed by atoms with Crippen molar-refractivity contribution in [1.29, 1.82) is 0 Å². The molecule has 4 atom stereocenters. The van der Waals surface area contributed by atoms with Crippen LogP contribution < -0.4 is 10.9 Å². The maximum atomic E-state index is 14.2. The smallest absolute Gasteiger partial charge is 0.328 e. The van der Waals surface area contributed by atoms with Gasteiger partial charge in [0.1, 0.15) is 6.04 Å². The van der Waals surface area contributed by atoms with Crippen molar-refractivity contribution in [3.05, 3.63) is 70.5 Å². The van der Waals surface area contributed by atoms with Gasteiger partial charge in [0.25, 0.3) is 5.56 Å². The molecule has 2 unspecified atom stereocenters. The lowest BCUT2D eigenvalue weighted by atomic mass is 9.89. The zero-order chi connectivity index (χ0) is 27.5. The van der Waals surface area contributed by atoms with Gasteiger partial charge in [-0.1, -0.05) is 74.6 Å². The Hall–Kier alpha value is -3.19. The van der Waals surface area contributed by atoms with Crippen molar-refractivity contribution < 1.29 is 9.53 Å². The summed E-state index contributed by atoms with van der Waals surface area (Å²) in [4.78, 5) is 34.5. The van der Waals surface area contributed by atoms with E-state index >= 15 is 0 Å². The van der Waals surface area contributed by atoms with Crippen molar-refractivity contribution >= 4 is 22.8 Å². The predicted molar refractivity (Wildman–Crippen MR) is 159 cm³/mol. The van der Waals surface area contributed by atoms with E-state index in [-0.39, 0.29) is 17.4 Å². The number of nitrogens with zero attached hydrogens (tertiary/aromatic N) is 3. The number of carbonyl (C=O) groups is 1. The first-order chi connectivity index (χ1) is 19.6. The first-order valence-corrected chi connectivity index (χ1v) is 15.3. The van der Waals surface area contributed by atoms with Crippen LogP contribution in [0.15, 0.2) is 59.4 Å². The zero-order valence-corrected chi connectivity index (χ0v) is 23.6. The number of rotatable bonds is 7. The number of ether oxygens (including phenoxy) is 1. The fourth-order valence-corrected chi connectivity index (χ4v) is 7.69. The maximum Gasteiger partial charge on any atom is 0.328 e. The van der Waals surface area contributed by atoms with Gasteiger partial charge in [0, 0.05) is 30.6 Å². The molecule has 2 aliphatic heterocycles. The van der Waals surface area contributed by atoms with E-state index in [1.165, 1.54) is 64.9 Å². The molecule has 1 aromatic heterocycles. The van der Waals surface area contributed by atoms with E-state index in [1.807, 2.05) is 59.2 Å². The zero-order valence-electron chi connectivity index (χ0n) is 23.6. The minimum absolute atomic E-state index is 0.119. The van der Waals surface area contributed by atoms with Crippen molar-refractivity contribution in [2.45, 2.75) is 107 Å². The van der Waals surface area contributed by atoms with Crippen LogP contribution in [0.1, 0.15) is 82.2 Å². The van der Waals surface area contributed by atoms with Gasteiger partial charge in [-0.15, -0.1) is 0 Å². The molecular weight excluding hydrogens is 500 g/mol. The molecule has 3 aliphatic rings. The molecule has 1 N–H and O–H groups in total. The Bertz CT molecular complexity index is 1350. The standard InChI is InChI=1S/C33H42N4O3/c1-40-33(39)29(20-23-12-6-5-7-13-23)35-31-32(38)37(30-17-11-10-16-28(30)34-31)27-21-25-18-19-26(22-27)36(25)24-14-8-3-2-4-9-15-24/h5-7,10-13,16-17,24-27,29H,2-4,8-9,14-15,18-22H2,1H3,(H,34,35)/t25-,26?,27?,29-/m0/s1. The van der Waals surface area contributed by atoms with E-state index in [1.54, 1.807) is 0 Å². The number of fused-ring (bicyclic) bond motifs is 3. The van der Waals surface area contributed by atoms with E-state index in [2.05, 4.69) is 10.2 Å². The van der Waals surface area contributed by atoms with Crippen molar-refractivity contribution in [2.75, 3.05) is 12.4 Å². The number of benzene rings is 2. The van der Waals surface area contributed by atoms with Crippen molar-refractivity contribution in [1.82, 2.24) is 14.5 Å². The van der Waals surface area contributed by atoms with Gasteiger partial charge in [0.05, 0.1) is 18.1 Å². The molecule has 2 aromatic carbocycles. The average molecular weight is 543 g/mol. The molecule has 3 aromatic rings. The molecule has 212 valence electrons. The van der Waals surface area contributed by atoms with Crippen LogP contribution in [0.2, 0.25) is 0 Å². The third-order valence-corrected chi connectivity index (χ3v) is 9.50.